The summed E-state index contributed by atoms with van der Waals surface area (Å²) in [6.45, 7) is 25.6. The lowest BCUT2D eigenvalue weighted by Gasteiger charge is -2.38. The van der Waals surface area contributed by atoms with Gasteiger partial charge in [0.05, 0.1) is 76.7 Å². The Kier molecular flexibility index (Phi) is 16.0. The van der Waals surface area contributed by atoms with Crippen molar-refractivity contribution in [3.63, 3.8) is 0 Å². The van der Waals surface area contributed by atoms with E-state index in [2.05, 4.69) is 103 Å². The number of hydrogen-bond donors (Lipinski definition) is 1. The zero-order valence-electron chi connectivity index (χ0n) is 41.6. The number of halogens is 3. The summed E-state index contributed by atoms with van der Waals surface area (Å²) in [6, 6.07) is 16.6. The van der Waals surface area contributed by atoms with Crippen LogP contribution in [0.5, 0.6) is 0 Å². The van der Waals surface area contributed by atoms with Crippen LogP contribution in [0, 0.1) is 11.9 Å². The maximum atomic E-state index is 14.7. The van der Waals surface area contributed by atoms with E-state index in [0.29, 0.717) is 64.0 Å². The molecule has 0 bridgehead atoms. The topological polar surface area (TPSA) is 178 Å². The molecule has 2 saturated heterocycles. The van der Waals surface area contributed by atoms with E-state index >= 15 is 0 Å². The number of pyridine rings is 4. The Hall–Kier alpha value is -6.83. The van der Waals surface area contributed by atoms with E-state index in [4.69, 9.17) is 17.3 Å². The van der Waals surface area contributed by atoms with Crippen molar-refractivity contribution in [3.05, 3.63) is 115 Å². The molecule has 8 aromatic rings. The number of fused-ring (bicyclic) bond motifs is 2. The van der Waals surface area contributed by atoms with Gasteiger partial charge in [-0.2, -0.15) is 8.78 Å². The van der Waals surface area contributed by atoms with E-state index in [1.54, 1.807) is 37.1 Å². The van der Waals surface area contributed by atoms with Crippen LogP contribution in [0.4, 0.5) is 26.0 Å². The smallest absolute Gasteiger partial charge is 0.241 e. The van der Waals surface area contributed by atoms with Gasteiger partial charge in [0.15, 0.2) is 0 Å². The predicted octanol–water partition coefficient (Wildman–Crippen LogP) is 8.58. The summed E-state index contributed by atoms with van der Waals surface area (Å²) < 4.78 is 32.5. The Balaban J connectivity index is 0.000000158. The van der Waals surface area contributed by atoms with Crippen LogP contribution in [-0.2, 0) is 6.42 Å². The number of aromatic nitrogens is 12. The lowest BCUT2D eigenvalue weighted by molar-refractivity contribution is 0.209. The average molecular weight is 987 g/mol. The largest absolute Gasteiger partial charge is 0.384 e. The summed E-state index contributed by atoms with van der Waals surface area (Å²) in [5.41, 5.74) is 12.6. The van der Waals surface area contributed by atoms with Crippen molar-refractivity contribution in [2.24, 2.45) is 0 Å². The number of nitrogens with two attached hydrogens (primary N) is 1. The van der Waals surface area contributed by atoms with Gasteiger partial charge in [0.1, 0.15) is 22.7 Å². The SMILES string of the molecule is CC(C)N1CCN(c2ccc(Cc3nccc(-c4cc5c(ncn5C(C)C)c(F)n4)n3)nc2)CC1.CC(C)N1CCN(c2ccc(N)nc2)CC1.CC(C)n1cnc2c(F)nc(-c3ccnc(Cl)n3)cc21. The molecule has 0 radical (unpaired) electrons. The molecule has 0 unspecified atom stereocenters. The fourth-order valence-corrected chi connectivity index (χ4v) is 8.77. The van der Waals surface area contributed by atoms with Gasteiger partial charge in [-0.25, -0.2) is 44.9 Å². The second-order valence-corrected chi connectivity index (χ2v) is 19.1. The molecule has 0 amide bonds. The van der Waals surface area contributed by atoms with Gasteiger partial charge < -0.3 is 24.7 Å². The first-order chi connectivity index (χ1) is 34.1. The highest BCUT2D eigenvalue weighted by Gasteiger charge is 2.22. The summed E-state index contributed by atoms with van der Waals surface area (Å²) in [5, 5.41) is 0.0992. The lowest BCUT2D eigenvalue weighted by Crippen LogP contribution is -2.48. The monoisotopic (exact) mass is 986 g/mol. The maximum Gasteiger partial charge on any atom is 0.241 e. The van der Waals surface area contributed by atoms with Gasteiger partial charge in [-0.05, 0) is 116 Å². The van der Waals surface area contributed by atoms with Crippen molar-refractivity contribution in [2.75, 3.05) is 67.9 Å². The van der Waals surface area contributed by atoms with Crippen molar-refractivity contribution in [1.82, 2.24) is 68.8 Å². The molecule has 71 heavy (non-hydrogen) atoms. The van der Waals surface area contributed by atoms with Crippen LogP contribution in [-0.4, -0.2) is 133 Å². The Morgan fingerprint density at radius 2 is 1.00 bits per heavy atom. The maximum absolute atomic E-state index is 14.7. The van der Waals surface area contributed by atoms with Crippen molar-refractivity contribution in [2.45, 2.75) is 86.0 Å². The van der Waals surface area contributed by atoms with Crippen LogP contribution in [0.15, 0.2) is 86.0 Å². The van der Waals surface area contributed by atoms with Crippen LogP contribution >= 0.6 is 11.6 Å². The molecular weight excluding hydrogens is 924 g/mol. The summed E-state index contributed by atoms with van der Waals surface area (Å²) >= 11 is 5.75. The Morgan fingerprint density at radius 3 is 1.44 bits per heavy atom. The molecule has 20 heteroatoms. The average Bonchev–Trinajstić information content (AvgIpc) is 4.02. The highest BCUT2D eigenvalue weighted by Crippen LogP contribution is 2.27. The molecule has 372 valence electrons. The number of imidazole rings is 2. The molecule has 10 heterocycles. The molecule has 2 aliphatic rings. The van der Waals surface area contributed by atoms with Crippen LogP contribution in [0.3, 0.4) is 0 Å². The molecule has 2 N–H and O–H groups in total. The molecule has 0 spiro atoms. The number of piperazine rings is 2. The molecule has 0 aromatic carbocycles. The molecule has 17 nitrogen and oxygen atoms in total. The van der Waals surface area contributed by atoms with Gasteiger partial charge in [0, 0.05) is 94.6 Å². The molecule has 8 aromatic heterocycles. The van der Waals surface area contributed by atoms with Gasteiger partial charge in [-0.15, -0.1) is 0 Å². The summed E-state index contributed by atoms with van der Waals surface area (Å²) in [6.07, 6.45) is 10.7. The summed E-state index contributed by atoms with van der Waals surface area (Å²) in [7, 11) is 0. The number of anilines is 3. The van der Waals surface area contributed by atoms with E-state index in [-0.39, 0.29) is 28.4 Å². The third kappa shape index (κ3) is 12.2. The van der Waals surface area contributed by atoms with E-state index in [1.165, 1.54) is 11.9 Å². The quantitative estimate of drug-likeness (QED) is 0.102. The van der Waals surface area contributed by atoms with Gasteiger partial charge >= 0.3 is 0 Å². The van der Waals surface area contributed by atoms with Crippen LogP contribution in [0.25, 0.3) is 44.8 Å². The minimum absolute atomic E-state index is 0.0992. The second kappa shape index (κ2) is 22.5. The Bertz CT molecular complexity index is 3010. The normalized spacial score (nSPS) is 14.7. The molecule has 0 aliphatic carbocycles. The molecule has 2 aliphatic heterocycles. The van der Waals surface area contributed by atoms with Crippen LogP contribution in [0.2, 0.25) is 5.28 Å². The van der Waals surface area contributed by atoms with E-state index < -0.39 is 11.9 Å². The summed E-state index contributed by atoms with van der Waals surface area (Å²) in [4.78, 5) is 51.7. The first-order valence-corrected chi connectivity index (χ1v) is 24.5. The highest BCUT2D eigenvalue weighted by molar-refractivity contribution is 6.28. The van der Waals surface area contributed by atoms with Crippen LogP contribution < -0.4 is 15.5 Å². The van der Waals surface area contributed by atoms with Crippen molar-refractivity contribution >= 4 is 50.9 Å². The van der Waals surface area contributed by atoms with E-state index in [1.807, 2.05) is 73.5 Å². The first-order valence-electron chi connectivity index (χ1n) is 24.1. The van der Waals surface area contributed by atoms with Crippen molar-refractivity contribution in [1.29, 1.82) is 0 Å². The molecule has 0 atom stereocenters. The summed E-state index contributed by atoms with van der Waals surface area (Å²) in [5.74, 6) is -0.00674. The lowest BCUT2D eigenvalue weighted by atomic mass is 10.2. The standard InChI is InChI=1S/C26H31FN8.C13H11ClFN5.C12H20N4/c1-17(2)33-9-11-34(12-10-33)20-6-5-19(29-15-20)13-24-28-8-7-21(31-24)22-14-23-25(26(27)32-22)30-16-35(23)18(3)4;1-7(2)20-6-17-11-10(20)5-9(18-12(11)15)8-3-4-16-13(14)19-8;1-10(2)15-5-7-16(8-6-15)11-3-4-12(13)14-9-11/h5-8,14-18H,9-13H2,1-4H3;3-7H,1-2H3;3-4,9-10H,5-8H2,1-2H3,(H2,13,14). The predicted molar refractivity (Wildman–Crippen MR) is 276 cm³/mol. The van der Waals surface area contributed by atoms with Crippen LogP contribution in [0.1, 0.15) is 79.0 Å². The fraction of sp³-hybridized carbons (Fsp3) is 0.412. The Labute approximate surface area is 418 Å². The van der Waals surface area contributed by atoms with E-state index in [0.717, 1.165) is 63.7 Å². The minimum atomic E-state index is -0.619. The zero-order chi connectivity index (χ0) is 50.3. The van der Waals surface area contributed by atoms with Crippen molar-refractivity contribution < 1.29 is 8.78 Å². The minimum Gasteiger partial charge on any atom is -0.384 e. The highest BCUT2D eigenvalue weighted by atomic mass is 35.5. The number of nitrogen functional groups attached to an aromatic ring is 1. The van der Waals surface area contributed by atoms with E-state index in [9.17, 15) is 8.78 Å². The third-order valence-corrected chi connectivity index (χ3v) is 12.9. The van der Waals surface area contributed by atoms with Gasteiger partial charge in [-0.1, -0.05) is 0 Å². The van der Waals surface area contributed by atoms with Gasteiger partial charge in [0.2, 0.25) is 17.2 Å². The fourth-order valence-electron chi connectivity index (χ4n) is 8.62. The first kappa shape index (κ1) is 50.6. The molecule has 0 saturated carbocycles. The van der Waals surface area contributed by atoms with Gasteiger partial charge in [-0.3, -0.25) is 14.8 Å². The number of nitrogens with zero attached hydrogens (tertiary/aromatic N) is 16. The number of hydrogen-bond acceptors (Lipinski definition) is 15. The second-order valence-electron chi connectivity index (χ2n) is 18.8. The number of rotatable bonds is 10. The molecule has 10 rings (SSSR count). The zero-order valence-corrected chi connectivity index (χ0v) is 42.4. The molecular formula is C51H62ClF2N17. The van der Waals surface area contributed by atoms with Crippen molar-refractivity contribution in [3.8, 4) is 22.8 Å². The Morgan fingerprint density at radius 1 is 0.521 bits per heavy atom. The third-order valence-electron chi connectivity index (χ3n) is 12.7. The van der Waals surface area contributed by atoms with Gasteiger partial charge in [0.25, 0.3) is 0 Å². The molecule has 2 fully saturated rings.